The number of carbonyl (C=O) groups is 1. The number of carboxylic acids is 1. The maximum Gasteiger partial charge on any atom is 0.317 e. The van der Waals surface area contributed by atoms with Crippen LogP contribution in [0.2, 0.25) is 0 Å². The number of aliphatic carboxylic acids is 1. The maximum absolute atomic E-state index is 10.5. The van der Waals surface area contributed by atoms with Crippen LogP contribution in [0, 0.1) is 0 Å². The highest BCUT2D eigenvalue weighted by Gasteiger charge is 2.06. The summed E-state index contributed by atoms with van der Waals surface area (Å²) in [6, 6.07) is 2.08. The summed E-state index contributed by atoms with van der Waals surface area (Å²) in [5, 5.41) is 12.8. The summed E-state index contributed by atoms with van der Waals surface area (Å²) < 4.78 is 0. The molecule has 0 aliphatic heterocycles. The Labute approximate surface area is 88.0 Å². The van der Waals surface area contributed by atoms with Crippen molar-refractivity contribution < 1.29 is 9.90 Å². The summed E-state index contributed by atoms with van der Waals surface area (Å²) in [7, 11) is 0. The Morgan fingerprint density at radius 3 is 2.93 bits per heavy atom. The number of nitrogens with zero attached hydrogens (tertiary/aromatic N) is 1. The summed E-state index contributed by atoms with van der Waals surface area (Å²) in [6.45, 7) is 3.73. The predicted octanol–water partition coefficient (Wildman–Crippen LogP) is 1.70. The van der Waals surface area contributed by atoms with Crippen LogP contribution in [0.1, 0.15) is 12.5 Å². The van der Waals surface area contributed by atoms with E-state index in [4.69, 9.17) is 5.11 Å². The molecule has 1 aromatic heterocycles. The molecule has 4 heteroatoms. The molecule has 14 heavy (non-hydrogen) atoms. The van der Waals surface area contributed by atoms with Crippen LogP contribution in [0.5, 0.6) is 0 Å². The predicted molar refractivity (Wildman–Crippen MR) is 57.8 cm³/mol. The molecule has 1 rings (SSSR count). The molecule has 0 aromatic carbocycles. The van der Waals surface area contributed by atoms with Crippen molar-refractivity contribution in [3.63, 3.8) is 0 Å². The number of rotatable bonds is 6. The highest BCUT2D eigenvalue weighted by atomic mass is 32.1. The van der Waals surface area contributed by atoms with Gasteiger partial charge in [0.2, 0.25) is 0 Å². The van der Waals surface area contributed by atoms with Crippen molar-refractivity contribution >= 4 is 17.3 Å². The molecule has 0 amide bonds. The van der Waals surface area contributed by atoms with Gasteiger partial charge in [-0.3, -0.25) is 9.69 Å². The van der Waals surface area contributed by atoms with Gasteiger partial charge in [0.15, 0.2) is 0 Å². The van der Waals surface area contributed by atoms with Crippen LogP contribution in [-0.4, -0.2) is 35.6 Å². The zero-order chi connectivity index (χ0) is 10.4. The van der Waals surface area contributed by atoms with E-state index in [1.165, 1.54) is 5.56 Å². The molecule has 1 N–H and O–H groups in total. The monoisotopic (exact) mass is 213 g/mol. The number of thiophene rings is 1. The normalized spacial score (nSPS) is 10.7. The molecule has 0 bridgehead atoms. The van der Waals surface area contributed by atoms with Gasteiger partial charge in [0, 0.05) is 6.54 Å². The maximum atomic E-state index is 10.5. The number of hydrogen-bond acceptors (Lipinski definition) is 3. The number of carboxylic acid groups (broad SMARTS) is 1. The molecule has 3 nitrogen and oxygen atoms in total. The Morgan fingerprint density at radius 2 is 2.43 bits per heavy atom. The van der Waals surface area contributed by atoms with Gasteiger partial charge in [-0.25, -0.2) is 0 Å². The van der Waals surface area contributed by atoms with Crippen molar-refractivity contribution in [2.45, 2.75) is 13.3 Å². The summed E-state index contributed by atoms with van der Waals surface area (Å²) in [5.41, 5.74) is 1.29. The zero-order valence-corrected chi connectivity index (χ0v) is 9.09. The average Bonchev–Trinajstić information content (AvgIpc) is 2.64. The molecule has 0 saturated heterocycles. The number of hydrogen-bond donors (Lipinski definition) is 1. The van der Waals surface area contributed by atoms with Crippen molar-refractivity contribution in [2.24, 2.45) is 0 Å². The van der Waals surface area contributed by atoms with E-state index in [0.29, 0.717) is 0 Å². The van der Waals surface area contributed by atoms with E-state index >= 15 is 0 Å². The molecule has 1 aromatic rings. The lowest BCUT2D eigenvalue weighted by Gasteiger charge is -2.17. The van der Waals surface area contributed by atoms with Gasteiger partial charge in [0.05, 0.1) is 6.54 Å². The molecule has 0 saturated carbocycles. The minimum atomic E-state index is -0.753. The van der Waals surface area contributed by atoms with Gasteiger partial charge in [-0.05, 0) is 35.4 Å². The first kappa shape index (κ1) is 11.2. The molecular formula is C10H15NO2S. The molecule has 0 atom stereocenters. The van der Waals surface area contributed by atoms with Crippen LogP contribution in [0.25, 0.3) is 0 Å². The van der Waals surface area contributed by atoms with Gasteiger partial charge in [-0.1, -0.05) is 6.92 Å². The first-order valence-corrected chi connectivity index (χ1v) is 5.62. The Morgan fingerprint density at radius 1 is 1.64 bits per heavy atom. The smallest absolute Gasteiger partial charge is 0.317 e. The second-order valence-corrected chi connectivity index (χ2v) is 3.92. The lowest BCUT2D eigenvalue weighted by atomic mass is 10.2. The topological polar surface area (TPSA) is 40.5 Å². The third-order valence-corrected chi connectivity index (χ3v) is 2.83. The zero-order valence-electron chi connectivity index (χ0n) is 8.27. The largest absolute Gasteiger partial charge is 0.480 e. The molecule has 78 valence electrons. The summed E-state index contributed by atoms with van der Waals surface area (Å²) in [6.07, 6.45) is 0.935. The van der Waals surface area contributed by atoms with Crippen LogP contribution in [0.15, 0.2) is 16.8 Å². The molecule has 0 unspecified atom stereocenters. The van der Waals surface area contributed by atoms with E-state index in [-0.39, 0.29) is 6.54 Å². The van der Waals surface area contributed by atoms with E-state index < -0.39 is 5.97 Å². The highest BCUT2D eigenvalue weighted by molar-refractivity contribution is 7.07. The van der Waals surface area contributed by atoms with E-state index in [0.717, 1.165) is 19.5 Å². The fraction of sp³-hybridized carbons (Fsp3) is 0.500. The molecule has 0 spiro atoms. The lowest BCUT2D eigenvalue weighted by Crippen LogP contribution is -2.31. The molecule has 0 aliphatic carbocycles. The van der Waals surface area contributed by atoms with Crippen molar-refractivity contribution in [1.29, 1.82) is 0 Å². The Bertz CT molecular complexity index is 272. The second-order valence-electron chi connectivity index (χ2n) is 3.14. The van der Waals surface area contributed by atoms with Crippen molar-refractivity contribution in [3.05, 3.63) is 22.4 Å². The third-order valence-electron chi connectivity index (χ3n) is 2.10. The molecule has 0 radical (unpaired) electrons. The summed E-state index contributed by atoms with van der Waals surface area (Å²) >= 11 is 1.68. The molecule has 0 fully saturated rings. The van der Waals surface area contributed by atoms with E-state index in [1.54, 1.807) is 11.3 Å². The average molecular weight is 213 g/mol. The lowest BCUT2D eigenvalue weighted by molar-refractivity contribution is -0.138. The van der Waals surface area contributed by atoms with Crippen LogP contribution >= 0.6 is 11.3 Å². The Kier molecular flexibility index (Phi) is 4.62. The SMILES string of the molecule is CCN(CCc1ccsc1)CC(=O)O. The summed E-state index contributed by atoms with van der Waals surface area (Å²) in [5.74, 6) is -0.753. The van der Waals surface area contributed by atoms with Gasteiger partial charge in [-0.15, -0.1) is 0 Å². The quantitative estimate of drug-likeness (QED) is 0.782. The van der Waals surface area contributed by atoms with Crippen LogP contribution in [-0.2, 0) is 11.2 Å². The van der Waals surface area contributed by atoms with Crippen molar-refractivity contribution in [1.82, 2.24) is 4.90 Å². The van der Waals surface area contributed by atoms with E-state index in [2.05, 4.69) is 11.4 Å². The third kappa shape index (κ3) is 3.89. The fourth-order valence-electron chi connectivity index (χ4n) is 1.26. The Hall–Kier alpha value is -0.870. The van der Waals surface area contributed by atoms with Gasteiger partial charge < -0.3 is 5.11 Å². The Balaban J connectivity index is 2.30. The number of likely N-dealkylation sites (N-methyl/N-ethyl adjacent to an activating group) is 1. The fourth-order valence-corrected chi connectivity index (χ4v) is 1.97. The molecule has 1 heterocycles. The van der Waals surface area contributed by atoms with Crippen LogP contribution < -0.4 is 0 Å². The van der Waals surface area contributed by atoms with Crippen LogP contribution in [0.4, 0.5) is 0 Å². The minimum absolute atomic E-state index is 0.140. The van der Waals surface area contributed by atoms with Gasteiger partial charge >= 0.3 is 5.97 Å². The standard InChI is InChI=1S/C10H15NO2S/c1-2-11(7-10(12)13)5-3-9-4-6-14-8-9/h4,6,8H,2-3,5,7H2,1H3,(H,12,13). The van der Waals surface area contributed by atoms with Gasteiger partial charge in [0.1, 0.15) is 0 Å². The molecular weight excluding hydrogens is 198 g/mol. The van der Waals surface area contributed by atoms with E-state index in [1.807, 2.05) is 17.2 Å². The molecule has 0 aliphatic rings. The minimum Gasteiger partial charge on any atom is -0.480 e. The van der Waals surface area contributed by atoms with Gasteiger partial charge in [-0.2, -0.15) is 11.3 Å². The first-order chi connectivity index (χ1) is 6.72. The van der Waals surface area contributed by atoms with Crippen LogP contribution in [0.3, 0.4) is 0 Å². The van der Waals surface area contributed by atoms with Gasteiger partial charge in [0.25, 0.3) is 0 Å². The highest BCUT2D eigenvalue weighted by Crippen LogP contribution is 2.07. The summed E-state index contributed by atoms with van der Waals surface area (Å²) in [4.78, 5) is 12.4. The van der Waals surface area contributed by atoms with Crippen molar-refractivity contribution in [2.75, 3.05) is 19.6 Å². The van der Waals surface area contributed by atoms with Crippen molar-refractivity contribution in [3.8, 4) is 0 Å². The van der Waals surface area contributed by atoms with E-state index in [9.17, 15) is 4.79 Å². The first-order valence-electron chi connectivity index (χ1n) is 4.67. The second kappa shape index (κ2) is 5.78.